The molecule has 2 saturated carbocycles. The standard InChI is InChI=1S/C29H44FO3/c1-2-3-4-5-6-10-13-28(30)29(31)33-27-18-14-23(15-19-27)22-32-26-20-16-25(17-21-26)24-11-8-7-9-12-24/h7,16-17,20-21,23-24,27-28H,2-6,8-15,18-19,22H2,1H3/t23?,27?,28-/m0/s1. The van der Waals surface area contributed by atoms with Gasteiger partial charge >= 0.3 is 5.97 Å². The number of benzene rings is 1. The fourth-order valence-electron chi connectivity index (χ4n) is 5.19. The number of rotatable bonds is 13. The first-order valence-electron chi connectivity index (χ1n) is 13.5. The predicted molar refractivity (Wildman–Crippen MR) is 132 cm³/mol. The van der Waals surface area contributed by atoms with Crippen LogP contribution in [0.15, 0.2) is 24.3 Å². The van der Waals surface area contributed by atoms with Crippen molar-refractivity contribution in [3.63, 3.8) is 0 Å². The zero-order chi connectivity index (χ0) is 23.3. The van der Waals surface area contributed by atoms with E-state index in [4.69, 9.17) is 9.47 Å². The molecule has 4 heteroatoms. The first-order chi connectivity index (χ1) is 16.2. The third kappa shape index (κ3) is 9.29. The number of carbonyl (C=O) groups excluding carboxylic acids is 1. The van der Waals surface area contributed by atoms with Crippen LogP contribution in [0.5, 0.6) is 5.75 Å². The van der Waals surface area contributed by atoms with Crippen LogP contribution in [0, 0.1) is 12.3 Å². The van der Waals surface area contributed by atoms with Gasteiger partial charge in [-0.1, -0.05) is 51.2 Å². The molecule has 0 aromatic heterocycles. The normalized spacial score (nSPS) is 22.6. The maximum absolute atomic E-state index is 14.2. The molecule has 0 saturated heterocycles. The lowest BCUT2D eigenvalue weighted by Gasteiger charge is -2.28. The van der Waals surface area contributed by atoms with Gasteiger partial charge < -0.3 is 9.47 Å². The van der Waals surface area contributed by atoms with Gasteiger partial charge in [-0.15, -0.1) is 0 Å². The smallest absolute Gasteiger partial charge is 0.340 e. The number of hydrogen-bond acceptors (Lipinski definition) is 3. The molecule has 2 aliphatic carbocycles. The highest BCUT2D eigenvalue weighted by atomic mass is 19.1. The van der Waals surface area contributed by atoms with Gasteiger partial charge in [0.25, 0.3) is 0 Å². The molecule has 1 radical (unpaired) electrons. The van der Waals surface area contributed by atoms with Crippen molar-refractivity contribution in [1.29, 1.82) is 0 Å². The Hall–Kier alpha value is -1.58. The lowest BCUT2D eigenvalue weighted by molar-refractivity contribution is -0.157. The van der Waals surface area contributed by atoms with E-state index in [1.165, 1.54) is 50.5 Å². The predicted octanol–water partition coefficient (Wildman–Crippen LogP) is 8.12. The van der Waals surface area contributed by atoms with Crippen LogP contribution >= 0.6 is 0 Å². The Labute approximate surface area is 200 Å². The lowest BCUT2D eigenvalue weighted by Crippen LogP contribution is -2.30. The first kappa shape index (κ1) is 26.0. The van der Waals surface area contributed by atoms with E-state index in [2.05, 4.69) is 37.6 Å². The molecule has 1 aromatic carbocycles. The summed E-state index contributed by atoms with van der Waals surface area (Å²) in [5.41, 5.74) is 1.43. The third-order valence-electron chi connectivity index (χ3n) is 7.42. The zero-order valence-electron chi connectivity index (χ0n) is 20.6. The van der Waals surface area contributed by atoms with Gasteiger partial charge in [-0.05, 0) is 100 Å². The Kier molecular flexibility index (Phi) is 11.5. The van der Waals surface area contributed by atoms with Gasteiger partial charge in [0.15, 0.2) is 6.17 Å². The van der Waals surface area contributed by atoms with Crippen LogP contribution in [0.3, 0.4) is 0 Å². The number of ether oxygens (including phenoxy) is 2. The molecule has 0 unspecified atom stereocenters. The van der Waals surface area contributed by atoms with Crippen molar-refractivity contribution in [3.8, 4) is 5.75 Å². The minimum absolute atomic E-state index is 0.136. The SMILES string of the molecule is CCCCCCCC[C@H](F)C(=O)OC1CCC(COc2ccc(C3CC[CH]CC3)cc2)CC1. The van der Waals surface area contributed by atoms with Crippen molar-refractivity contribution in [2.75, 3.05) is 6.61 Å². The topological polar surface area (TPSA) is 35.5 Å². The summed E-state index contributed by atoms with van der Waals surface area (Å²) in [6, 6.07) is 8.65. The van der Waals surface area contributed by atoms with Crippen molar-refractivity contribution in [1.82, 2.24) is 0 Å². The summed E-state index contributed by atoms with van der Waals surface area (Å²) < 4.78 is 25.7. The Morgan fingerprint density at radius 2 is 1.61 bits per heavy atom. The Morgan fingerprint density at radius 3 is 2.30 bits per heavy atom. The molecular formula is C29H44FO3. The number of unbranched alkanes of at least 4 members (excludes halogenated alkanes) is 5. The summed E-state index contributed by atoms with van der Waals surface area (Å²) in [5, 5.41) is 0. The number of carbonyl (C=O) groups is 1. The summed E-state index contributed by atoms with van der Waals surface area (Å²) >= 11 is 0. The van der Waals surface area contributed by atoms with E-state index in [0.717, 1.165) is 50.7 Å². The molecule has 1 atom stereocenters. The average molecular weight is 460 g/mol. The van der Waals surface area contributed by atoms with Crippen molar-refractivity contribution in [2.24, 2.45) is 5.92 Å². The highest BCUT2D eigenvalue weighted by molar-refractivity contribution is 5.74. The first-order valence-corrected chi connectivity index (χ1v) is 13.5. The van der Waals surface area contributed by atoms with E-state index >= 15 is 0 Å². The lowest BCUT2D eigenvalue weighted by atomic mass is 9.84. The number of alkyl halides is 1. The summed E-state index contributed by atoms with van der Waals surface area (Å²) in [4.78, 5) is 12.1. The largest absolute Gasteiger partial charge is 0.493 e. The molecule has 2 fully saturated rings. The van der Waals surface area contributed by atoms with Gasteiger partial charge in [-0.2, -0.15) is 0 Å². The van der Waals surface area contributed by atoms with Crippen LogP contribution < -0.4 is 4.74 Å². The van der Waals surface area contributed by atoms with Gasteiger partial charge in [0.05, 0.1) is 6.61 Å². The molecule has 33 heavy (non-hydrogen) atoms. The van der Waals surface area contributed by atoms with Crippen LogP contribution in [-0.2, 0) is 9.53 Å². The van der Waals surface area contributed by atoms with Gasteiger partial charge in [-0.3, -0.25) is 0 Å². The molecule has 3 rings (SSSR count). The number of hydrogen-bond donors (Lipinski definition) is 0. The summed E-state index contributed by atoms with van der Waals surface area (Å²) in [6.07, 6.45) is 16.2. The maximum Gasteiger partial charge on any atom is 0.340 e. The molecule has 3 nitrogen and oxygen atoms in total. The molecule has 0 amide bonds. The second-order valence-electron chi connectivity index (χ2n) is 10.1. The molecular weight excluding hydrogens is 415 g/mol. The third-order valence-corrected chi connectivity index (χ3v) is 7.42. The Balaban J connectivity index is 1.27. The van der Waals surface area contributed by atoms with Crippen LogP contribution in [0.1, 0.15) is 115 Å². The number of halogens is 1. The van der Waals surface area contributed by atoms with Gasteiger partial charge in [-0.25, -0.2) is 9.18 Å². The van der Waals surface area contributed by atoms with E-state index in [0.29, 0.717) is 24.9 Å². The van der Waals surface area contributed by atoms with Crippen molar-refractivity contribution in [2.45, 2.75) is 121 Å². The fraction of sp³-hybridized carbons (Fsp3) is 0.724. The van der Waals surface area contributed by atoms with Crippen LogP contribution in [0.4, 0.5) is 4.39 Å². The van der Waals surface area contributed by atoms with E-state index in [1.807, 2.05) is 0 Å². The zero-order valence-corrected chi connectivity index (χ0v) is 20.6. The van der Waals surface area contributed by atoms with Crippen LogP contribution in [0.2, 0.25) is 0 Å². The molecule has 0 heterocycles. The maximum atomic E-state index is 14.2. The molecule has 0 N–H and O–H groups in total. The van der Waals surface area contributed by atoms with Crippen molar-refractivity contribution >= 4 is 5.97 Å². The van der Waals surface area contributed by atoms with E-state index in [-0.39, 0.29) is 6.10 Å². The summed E-state index contributed by atoms with van der Waals surface area (Å²) in [6.45, 7) is 2.88. The molecule has 0 spiro atoms. The molecule has 0 bridgehead atoms. The van der Waals surface area contributed by atoms with Gasteiger partial charge in [0, 0.05) is 0 Å². The molecule has 185 valence electrons. The van der Waals surface area contributed by atoms with Crippen molar-refractivity contribution in [3.05, 3.63) is 36.2 Å². The monoisotopic (exact) mass is 459 g/mol. The quantitative estimate of drug-likeness (QED) is 0.221. The van der Waals surface area contributed by atoms with E-state index in [1.54, 1.807) is 0 Å². The van der Waals surface area contributed by atoms with Crippen LogP contribution in [-0.4, -0.2) is 24.9 Å². The van der Waals surface area contributed by atoms with Crippen molar-refractivity contribution < 1.29 is 18.7 Å². The highest BCUT2D eigenvalue weighted by Crippen LogP contribution is 2.33. The molecule has 2 aliphatic rings. The number of esters is 1. The van der Waals surface area contributed by atoms with Crippen LogP contribution in [0.25, 0.3) is 0 Å². The van der Waals surface area contributed by atoms with E-state index in [9.17, 15) is 9.18 Å². The highest BCUT2D eigenvalue weighted by Gasteiger charge is 2.27. The minimum atomic E-state index is -1.47. The molecule has 0 aliphatic heterocycles. The Morgan fingerprint density at radius 1 is 0.939 bits per heavy atom. The van der Waals surface area contributed by atoms with Gasteiger partial charge in [0.2, 0.25) is 0 Å². The fourth-order valence-corrected chi connectivity index (χ4v) is 5.19. The second-order valence-corrected chi connectivity index (χ2v) is 10.1. The second kappa shape index (κ2) is 14.6. The average Bonchev–Trinajstić information content (AvgIpc) is 2.86. The van der Waals surface area contributed by atoms with E-state index < -0.39 is 12.1 Å². The summed E-state index contributed by atoms with van der Waals surface area (Å²) in [7, 11) is 0. The molecule has 1 aromatic rings. The minimum Gasteiger partial charge on any atom is -0.493 e. The van der Waals surface area contributed by atoms with Gasteiger partial charge in [0.1, 0.15) is 11.9 Å². The Bertz CT molecular complexity index is 660. The summed E-state index contributed by atoms with van der Waals surface area (Å²) in [5.74, 6) is 1.44.